The highest BCUT2D eigenvalue weighted by Crippen LogP contribution is 2.16. The van der Waals surface area contributed by atoms with Gasteiger partial charge in [-0.1, -0.05) is 0 Å². The molecule has 1 aromatic heterocycles. The van der Waals surface area contributed by atoms with E-state index >= 15 is 0 Å². The zero-order chi connectivity index (χ0) is 12.5. The molecule has 0 bridgehead atoms. The molecule has 1 saturated heterocycles. The summed E-state index contributed by atoms with van der Waals surface area (Å²) in [6.45, 7) is 3.29. The Morgan fingerprint density at radius 3 is 2.94 bits per heavy atom. The number of nitrogens with one attached hydrogen (secondary N) is 1. The van der Waals surface area contributed by atoms with Gasteiger partial charge in [0.25, 0.3) is 0 Å². The second-order valence-electron chi connectivity index (χ2n) is 4.06. The van der Waals surface area contributed by atoms with E-state index in [4.69, 9.17) is 0 Å². The predicted octanol–water partition coefficient (Wildman–Crippen LogP) is 0.203. The Hall–Kier alpha value is -1.05. The summed E-state index contributed by atoms with van der Waals surface area (Å²) in [7, 11) is -3.63. The average Bonchev–Trinajstić information content (AvgIpc) is 2.29. The molecular formula is C10H14FN3O2S. The lowest BCUT2D eigenvalue weighted by atomic mass is 10.3. The summed E-state index contributed by atoms with van der Waals surface area (Å²) in [5.41, 5.74) is 0. The van der Waals surface area contributed by atoms with Gasteiger partial charge >= 0.3 is 0 Å². The number of rotatable bonds is 2. The van der Waals surface area contributed by atoms with E-state index in [0.29, 0.717) is 19.6 Å². The standard InChI is InChI=1S/C10H14FN3O2S/c1-8-7-14(3-2-13-8)17(15,16)10-4-9(11)5-12-6-10/h4-6,8,13H,2-3,7H2,1H3/t8-/m1/s1. The number of nitrogens with zero attached hydrogens (tertiary/aromatic N) is 2. The number of aromatic nitrogens is 1. The van der Waals surface area contributed by atoms with E-state index < -0.39 is 15.8 Å². The minimum atomic E-state index is -3.63. The Balaban J connectivity index is 2.29. The monoisotopic (exact) mass is 259 g/mol. The Kier molecular flexibility index (Phi) is 3.41. The highest BCUT2D eigenvalue weighted by molar-refractivity contribution is 7.89. The van der Waals surface area contributed by atoms with Crippen molar-refractivity contribution in [3.8, 4) is 0 Å². The fourth-order valence-corrected chi connectivity index (χ4v) is 3.30. The summed E-state index contributed by atoms with van der Waals surface area (Å²) in [5, 5.41) is 3.15. The van der Waals surface area contributed by atoms with Gasteiger partial charge in [0.05, 0.1) is 6.20 Å². The van der Waals surface area contributed by atoms with Crippen molar-refractivity contribution >= 4 is 10.0 Å². The van der Waals surface area contributed by atoms with E-state index in [2.05, 4.69) is 10.3 Å². The summed E-state index contributed by atoms with van der Waals surface area (Å²) >= 11 is 0. The summed E-state index contributed by atoms with van der Waals surface area (Å²) in [5.74, 6) is -0.644. The van der Waals surface area contributed by atoms with E-state index in [1.165, 1.54) is 10.5 Å². The maximum Gasteiger partial charge on any atom is 0.244 e. The Bertz CT molecular complexity index is 506. The van der Waals surface area contributed by atoms with Crippen LogP contribution >= 0.6 is 0 Å². The van der Waals surface area contributed by atoms with Crippen LogP contribution in [0, 0.1) is 5.82 Å². The molecule has 0 aromatic carbocycles. The van der Waals surface area contributed by atoms with E-state index in [1.807, 2.05) is 6.92 Å². The molecule has 1 N–H and O–H groups in total. The lowest BCUT2D eigenvalue weighted by molar-refractivity contribution is 0.310. The molecule has 2 heterocycles. The highest BCUT2D eigenvalue weighted by atomic mass is 32.2. The third-order valence-electron chi connectivity index (χ3n) is 2.65. The summed E-state index contributed by atoms with van der Waals surface area (Å²) in [6, 6.07) is 1.09. The number of halogens is 1. The smallest absolute Gasteiger partial charge is 0.244 e. The molecule has 7 heteroatoms. The Morgan fingerprint density at radius 1 is 1.53 bits per heavy atom. The molecule has 0 radical (unpaired) electrons. The van der Waals surface area contributed by atoms with Crippen LogP contribution in [0.1, 0.15) is 6.92 Å². The maximum absolute atomic E-state index is 13.0. The van der Waals surface area contributed by atoms with Crippen LogP contribution in [0.2, 0.25) is 0 Å². The normalized spacial score (nSPS) is 22.6. The van der Waals surface area contributed by atoms with Crippen LogP contribution in [-0.4, -0.2) is 43.4 Å². The molecule has 0 unspecified atom stereocenters. The Labute approximate surface area is 99.7 Å². The van der Waals surface area contributed by atoms with Crippen LogP contribution in [-0.2, 0) is 10.0 Å². The lowest BCUT2D eigenvalue weighted by Crippen LogP contribution is -2.51. The lowest BCUT2D eigenvalue weighted by Gasteiger charge is -2.30. The topological polar surface area (TPSA) is 62.3 Å². The van der Waals surface area contributed by atoms with Gasteiger partial charge in [0.15, 0.2) is 0 Å². The number of hydrogen-bond acceptors (Lipinski definition) is 4. The average molecular weight is 259 g/mol. The molecule has 5 nitrogen and oxygen atoms in total. The van der Waals surface area contributed by atoms with Gasteiger partial charge in [0, 0.05) is 31.9 Å². The van der Waals surface area contributed by atoms with Crippen molar-refractivity contribution < 1.29 is 12.8 Å². The molecule has 0 aliphatic carbocycles. The molecule has 1 aliphatic heterocycles. The molecule has 1 aromatic rings. The van der Waals surface area contributed by atoms with Gasteiger partial charge in [-0.25, -0.2) is 12.8 Å². The van der Waals surface area contributed by atoms with Crippen LogP contribution in [0.25, 0.3) is 0 Å². The van der Waals surface area contributed by atoms with Crippen LogP contribution in [0.3, 0.4) is 0 Å². The summed E-state index contributed by atoms with van der Waals surface area (Å²) in [4.78, 5) is 3.48. The van der Waals surface area contributed by atoms with E-state index in [9.17, 15) is 12.8 Å². The second kappa shape index (κ2) is 4.67. The van der Waals surface area contributed by atoms with Gasteiger partial charge in [-0.2, -0.15) is 4.31 Å². The van der Waals surface area contributed by atoms with Gasteiger partial charge in [-0.3, -0.25) is 4.98 Å². The van der Waals surface area contributed by atoms with Crippen molar-refractivity contribution in [3.63, 3.8) is 0 Å². The van der Waals surface area contributed by atoms with Gasteiger partial charge in [0.2, 0.25) is 10.0 Å². The minimum Gasteiger partial charge on any atom is -0.312 e. The SMILES string of the molecule is C[C@@H]1CN(S(=O)(=O)c2cncc(F)c2)CCN1. The highest BCUT2D eigenvalue weighted by Gasteiger charge is 2.28. The molecule has 2 rings (SSSR count). The minimum absolute atomic E-state index is 0.0911. The number of sulfonamides is 1. The third kappa shape index (κ3) is 2.62. The van der Waals surface area contributed by atoms with Crippen molar-refractivity contribution in [2.45, 2.75) is 17.9 Å². The predicted molar refractivity (Wildman–Crippen MR) is 60.4 cm³/mol. The summed E-state index contributed by atoms with van der Waals surface area (Å²) < 4.78 is 38.7. The van der Waals surface area contributed by atoms with Crippen molar-refractivity contribution in [1.82, 2.24) is 14.6 Å². The molecule has 1 atom stereocenters. The second-order valence-corrected chi connectivity index (χ2v) is 6.00. The third-order valence-corrected chi connectivity index (χ3v) is 4.48. The van der Waals surface area contributed by atoms with Gasteiger partial charge in [-0.05, 0) is 13.0 Å². The molecule has 1 aliphatic rings. The van der Waals surface area contributed by atoms with E-state index in [-0.39, 0.29) is 10.9 Å². The largest absolute Gasteiger partial charge is 0.312 e. The summed E-state index contributed by atoms with van der Waals surface area (Å²) in [6.07, 6.45) is 2.16. The fourth-order valence-electron chi connectivity index (χ4n) is 1.80. The fraction of sp³-hybridized carbons (Fsp3) is 0.500. The molecule has 0 spiro atoms. The van der Waals surface area contributed by atoms with Gasteiger partial charge < -0.3 is 5.32 Å². The van der Waals surface area contributed by atoms with Crippen molar-refractivity contribution in [2.24, 2.45) is 0 Å². The molecule has 0 amide bonds. The number of piperazine rings is 1. The molecule has 17 heavy (non-hydrogen) atoms. The Morgan fingerprint density at radius 2 is 2.29 bits per heavy atom. The van der Waals surface area contributed by atoms with Crippen molar-refractivity contribution in [1.29, 1.82) is 0 Å². The zero-order valence-electron chi connectivity index (χ0n) is 9.43. The number of hydrogen-bond donors (Lipinski definition) is 1. The van der Waals surface area contributed by atoms with Crippen molar-refractivity contribution in [3.05, 3.63) is 24.3 Å². The van der Waals surface area contributed by atoms with Gasteiger partial charge in [0.1, 0.15) is 10.7 Å². The first-order chi connectivity index (χ1) is 8.00. The molecule has 94 valence electrons. The van der Waals surface area contributed by atoms with E-state index in [1.54, 1.807) is 0 Å². The van der Waals surface area contributed by atoms with Crippen LogP contribution in [0.4, 0.5) is 4.39 Å². The quantitative estimate of drug-likeness (QED) is 0.824. The van der Waals surface area contributed by atoms with Crippen LogP contribution in [0.5, 0.6) is 0 Å². The van der Waals surface area contributed by atoms with E-state index in [0.717, 1.165) is 12.3 Å². The van der Waals surface area contributed by atoms with Crippen LogP contribution < -0.4 is 5.32 Å². The first-order valence-electron chi connectivity index (χ1n) is 5.34. The first kappa shape index (κ1) is 12.4. The molecule has 1 fully saturated rings. The maximum atomic E-state index is 13.0. The molecular weight excluding hydrogens is 245 g/mol. The number of pyridine rings is 1. The molecule has 0 saturated carbocycles. The van der Waals surface area contributed by atoms with Gasteiger partial charge in [-0.15, -0.1) is 0 Å². The first-order valence-corrected chi connectivity index (χ1v) is 6.78. The van der Waals surface area contributed by atoms with Crippen molar-refractivity contribution in [2.75, 3.05) is 19.6 Å². The van der Waals surface area contributed by atoms with Crippen LogP contribution in [0.15, 0.2) is 23.4 Å². The zero-order valence-corrected chi connectivity index (χ0v) is 10.2.